The van der Waals surface area contributed by atoms with Crippen molar-refractivity contribution >= 4 is 29.6 Å². The van der Waals surface area contributed by atoms with E-state index in [0.717, 1.165) is 16.8 Å². The van der Waals surface area contributed by atoms with Gasteiger partial charge in [-0.25, -0.2) is 5.43 Å². The van der Waals surface area contributed by atoms with E-state index in [2.05, 4.69) is 21.2 Å². The Bertz CT molecular complexity index is 937. The Morgan fingerprint density at radius 3 is 2.33 bits per heavy atom. The van der Waals surface area contributed by atoms with Crippen molar-refractivity contribution in [1.82, 2.24) is 10.7 Å². The number of hydrazone groups is 1. The highest BCUT2D eigenvalue weighted by atomic mass is 16.5. The van der Waals surface area contributed by atoms with E-state index in [9.17, 15) is 14.4 Å². The van der Waals surface area contributed by atoms with Crippen molar-refractivity contribution in [1.29, 1.82) is 0 Å². The van der Waals surface area contributed by atoms with Gasteiger partial charge in [-0.2, -0.15) is 5.10 Å². The second-order valence-corrected chi connectivity index (χ2v) is 7.03. The fraction of sp³-hybridized carbons (Fsp3) is 0.273. The van der Waals surface area contributed by atoms with E-state index in [1.807, 2.05) is 32.0 Å². The van der Waals surface area contributed by atoms with Crippen LogP contribution in [0, 0.1) is 13.8 Å². The van der Waals surface area contributed by atoms with Gasteiger partial charge in [-0.05, 0) is 80.8 Å². The Morgan fingerprint density at radius 2 is 1.70 bits per heavy atom. The first-order chi connectivity index (χ1) is 14.2. The number of carbonyl (C=O) groups is 3. The normalized spacial score (nSPS) is 10.7. The van der Waals surface area contributed by atoms with Crippen LogP contribution in [-0.2, 0) is 14.4 Å². The van der Waals surface area contributed by atoms with E-state index in [1.54, 1.807) is 38.1 Å². The van der Waals surface area contributed by atoms with Crippen LogP contribution in [-0.4, -0.2) is 36.6 Å². The Hall–Kier alpha value is -3.68. The largest absolute Gasteiger partial charge is 0.484 e. The molecule has 0 radical (unpaired) electrons. The number of aryl methyl sites for hydroxylation is 2. The summed E-state index contributed by atoms with van der Waals surface area (Å²) >= 11 is 0. The molecule has 2 aromatic rings. The highest BCUT2D eigenvalue weighted by molar-refractivity contribution is 6.35. The number of nitrogens with zero attached hydrogens (tertiary/aromatic N) is 1. The molecule has 0 spiro atoms. The molecule has 2 aromatic carbocycles. The predicted molar refractivity (Wildman–Crippen MR) is 115 cm³/mol. The SMILES string of the molecule is Cc1ccc(NC(=O)COc2ccc(C=NNC(=O)C(=O)NC(C)C)cc2)cc1C. The zero-order valence-electron chi connectivity index (χ0n) is 17.5. The number of anilines is 1. The number of hydrogen-bond acceptors (Lipinski definition) is 5. The molecular weight excluding hydrogens is 384 g/mol. The molecule has 0 bridgehead atoms. The van der Waals surface area contributed by atoms with Gasteiger partial charge < -0.3 is 15.4 Å². The summed E-state index contributed by atoms with van der Waals surface area (Å²) in [5, 5.41) is 9.00. The van der Waals surface area contributed by atoms with Gasteiger partial charge >= 0.3 is 11.8 Å². The molecular formula is C22H26N4O4. The molecule has 8 nitrogen and oxygen atoms in total. The minimum absolute atomic E-state index is 0.124. The molecule has 0 aliphatic carbocycles. The number of nitrogens with one attached hydrogen (secondary N) is 3. The Kier molecular flexibility index (Phi) is 8.10. The van der Waals surface area contributed by atoms with Crippen molar-refractivity contribution in [3.8, 4) is 5.75 Å². The fourth-order valence-electron chi connectivity index (χ4n) is 2.36. The lowest BCUT2D eigenvalue weighted by molar-refractivity contribution is -0.139. The van der Waals surface area contributed by atoms with Gasteiger partial charge in [0.25, 0.3) is 5.91 Å². The van der Waals surface area contributed by atoms with Crippen LogP contribution in [0.5, 0.6) is 5.75 Å². The standard InChI is InChI=1S/C22H26N4O4/c1-14(2)24-21(28)22(29)26-23-12-17-6-9-19(10-7-17)30-13-20(27)25-18-8-5-15(3)16(4)11-18/h5-12,14H,13H2,1-4H3,(H,24,28)(H,25,27)(H,26,29). The smallest absolute Gasteiger partial charge is 0.329 e. The quantitative estimate of drug-likeness (QED) is 0.370. The summed E-state index contributed by atoms with van der Waals surface area (Å²) in [6.45, 7) is 7.38. The average Bonchev–Trinajstić information content (AvgIpc) is 2.69. The van der Waals surface area contributed by atoms with E-state index in [0.29, 0.717) is 11.3 Å². The molecule has 3 N–H and O–H groups in total. The molecule has 0 atom stereocenters. The molecule has 0 aliphatic rings. The number of benzene rings is 2. The van der Waals surface area contributed by atoms with Gasteiger partial charge in [-0.15, -0.1) is 0 Å². The number of ether oxygens (including phenoxy) is 1. The maximum Gasteiger partial charge on any atom is 0.329 e. The second kappa shape index (κ2) is 10.8. The van der Waals surface area contributed by atoms with Gasteiger partial charge in [0.15, 0.2) is 6.61 Å². The summed E-state index contributed by atoms with van der Waals surface area (Å²) in [5.74, 6) is -1.33. The molecule has 0 saturated heterocycles. The lowest BCUT2D eigenvalue weighted by Gasteiger charge is -2.09. The average molecular weight is 410 g/mol. The fourth-order valence-corrected chi connectivity index (χ4v) is 2.36. The van der Waals surface area contributed by atoms with Crippen LogP contribution in [0.1, 0.15) is 30.5 Å². The van der Waals surface area contributed by atoms with Gasteiger partial charge in [-0.1, -0.05) is 6.07 Å². The third kappa shape index (κ3) is 7.38. The van der Waals surface area contributed by atoms with E-state index in [1.165, 1.54) is 6.21 Å². The molecule has 30 heavy (non-hydrogen) atoms. The molecule has 0 aliphatic heterocycles. The van der Waals surface area contributed by atoms with Crippen molar-refractivity contribution < 1.29 is 19.1 Å². The van der Waals surface area contributed by atoms with Crippen molar-refractivity contribution in [3.63, 3.8) is 0 Å². The van der Waals surface area contributed by atoms with Gasteiger partial charge in [-0.3, -0.25) is 14.4 Å². The lowest BCUT2D eigenvalue weighted by atomic mass is 10.1. The molecule has 0 aromatic heterocycles. The summed E-state index contributed by atoms with van der Waals surface area (Å²) in [5.41, 5.74) is 5.83. The maximum absolute atomic E-state index is 12.0. The maximum atomic E-state index is 12.0. The van der Waals surface area contributed by atoms with E-state index >= 15 is 0 Å². The lowest BCUT2D eigenvalue weighted by Crippen LogP contribution is -2.41. The van der Waals surface area contributed by atoms with Gasteiger partial charge in [0.1, 0.15) is 5.75 Å². The topological polar surface area (TPSA) is 109 Å². The molecule has 0 heterocycles. The minimum atomic E-state index is -0.838. The van der Waals surface area contributed by atoms with E-state index < -0.39 is 11.8 Å². The van der Waals surface area contributed by atoms with Gasteiger partial charge in [0.2, 0.25) is 0 Å². The van der Waals surface area contributed by atoms with E-state index in [-0.39, 0.29) is 18.6 Å². The minimum Gasteiger partial charge on any atom is -0.484 e. The molecule has 0 saturated carbocycles. The molecule has 0 unspecified atom stereocenters. The first kappa shape index (κ1) is 22.6. The highest BCUT2D eigenvalue weighted by Crippen LogP contribution is 2.15. The first-order valence-electron chi connectivity index (χ1n) is 9.48. The number of rotatable bonds is 7. The molecule has 0 fully saturated rings. The van der Waals surface area contributed by atoms with Gasteiger partial charge in [0, 0.05) is 11.7 Å². The Labute approximate surface area is 175 Å². The van der Waals surface area contributed by atoms with Crippen LogP contribution in [0.4, 0.5) is 5.69 Å². The molecule has 158 valence electrons. The molecule has 3 amide bonds. The Morgan fingerprint density at radius 1 is 1.00 bits per heavy atom. The zero-order valence-corrected chi connectivity index (χ0v) is 17.5. The third-order valence-electron chi connectivity index (χ3n) is 4.05. The van der Waals surface area contributed by atoms with Crippen molar-refractivity contribution in [2.45, 2.75) is 33.7 Å². The second-order valence-electron chi connectivity index (χ2n) is 7.03. The third-order valence-corrected chi connectivity index (χ3v) is 4.05. The number of carbonyl (C=O) groups excluding carboxylic acids is 3. The first-order valence-corrected chi connectivity index (χ1v) is 9.48. The molecule has 2 rings (SSSR count). The van der Waals surface area contributed by atoms with Crippen molar-refractivity contribution in [3.05, 3.63) is 59.2 Å². The van der Waals surface area contributed by atoms with Crippen LogP contribution in [0.15, 0.2) is 47.6 Å². The van der Waals surface area contributed by atoms with Crippen LogP contribution in [0.2, 0.25) is 0 Å². The summed E-state index contributed by atoms with van der Waals surface area (Å²) in [4.78, 5) is 35.1. The summed E-state index contributed by atoms with van der Waals surface area (Å²) < 4.78 is 5.48. The Balaban J connectivity index is 1.79. The summed E-state index contributed by atoms with van der Waals surface area (Å²) in [6, 6.07) is 12.3. The number of amides is 3. The highest BCUT2D eigenvalue weighted by Gasteiger charge is 2.12. The van der Waals surface area contributed by atoms with Crippen LogP contribution < -0.4 is 20.8 Å². The molecule has 8 heteroatoms. The number of hydrogen-bond donors (Lipinski definition) is 3. The van der Waals surface area contributed by atoms with Crippen molar-refractivity contribution in [2.75, 3.05) is 11.9 Å². The van der Waals surface area contributed by atoms with Crippen molar-refractivity contribution in [2.24, 2.45) is 5.10 Å². The predicted octanol–water partition coefficient (Wildman–Crippen LogP) is 2.30. The summed E-state index contributed by atoms with van der Waals surface area (Å²) in [7, 11) is 0. The zero-order chi connectivity index (χ0) is 22.1. The summed E-state index contributed by atoms with van der Waals surface area (Å²) in [6.07, 6.45) is 1.40. The van der Waals surface area contributed by atoms with Gasteiger partial charge in [0.05, 0.1) is 6.21 Å². The van der Waals surface area contributed by atoms with Crippen LogP contribution in [0.25, 0.3) is 0 Å². The van der Waals surface area contributed by atoms with Crippen LogP contribution >= 0.6 is 0 Å². The van der Waals surface area contributed by atoms with E-state index in [4.69, 9.17) is 4.74 Å². The monoisotopic (exact) mass is 410 g/mol. The van der Waals surface area contributed by atoms with Crippen LogP contribution in [0.3, 0.4) is 0 Å².